The van der Waals surface area contributed by atoms with E-state index in [1.807, 2.05) is 6.92 Å². The highest BCUT2D eigenvalue weighted by atomic mass is 19.4. The van der Waals surface area contributed by atoms with Gasteiger partial charge in [0.2, 0.25) is 5.88 Å². The number of rotatable bonds is 3. The highest BCUT2D eigenvalue weighted by Crippen LogP contribution is 2.19. The summed E-state index contributed by atoms with van der Waals surface area (Å²) in [4.78, 5) is 0. The summed E-state index contributed by atoms with van der Waals surface area (Å²) in [5.74, 6) is -0.147. The first-order valence-corrected chi connectivity index (χ1v) is 5.81. The maximum Gasteiger partial charge on any atom is 0.422 e. The maximum atomic E-state index is 12.0. The van der Waals surface area contributed by atoms with E-state index in [1.54, 1.807) is 6.07 Å². The molecule has 0 bridgehead atoms. The van der Waals surface area contributed by atoms with Gasteiger partial charge in [-0.05, 0) is 13.0 Å². The van der Waals surface area contributed by atoms with Gasteiger partial charge >= 0.3 is 6.18 Å². The molecule has 1 aromatic rings. The van der Waals surface area contributed by atoms with Gasteiger partial charge in [0, 0.05) is 12.1 Å². The van der Waals surface area contributed by atoms with Crippen LogP contribution in [0.1, 0.15) is 18.7 Å². The minimum atomic E-state index is -4.38. The Morgan fingerprint density at radius 1 is 1.37 bits per heavy atom. The predicted molar refractivity (Wildman–Crippen MR) is 59.7 cm³/mol. The zero-order valence-corrected chi connectivity index (χ0v) is 10.3. The molecule has 0 spiro atoms. The van der Waals surface area contributed by atoms with Crippen LogP contribution in [0.4, 0.5) is 13.2 Å². The van der Waals surface area contributed by atoms with Crippen LogP contribution >= 0.6 is 0 Å². The molecule has 1 aliphatic rings. The first-order valence-electron chi connectivity index (χ1n) is 5.81. The lowest BCUT2D eigenvalue weighted by atomic mass is 10.1. The summed E-state index contributed by atoms with van der Waals surface area (Å²) in [5.41, 5.74) is 0.617. The van der Waals surface area contributed by atoms with Crippen LogP contribution in [0.15, 0.2) is 12.1 Å². The zero-order valence-electron chi connectivity index (χ0n) is 10.3. The van der Waals surface area contributed by atoms with Gasteiger partial charge in [-0.3, -0.25) is 0 Å². The molecule has 2 heterocycles. The van der Waals surface area contributed by atoms with E-state index in [9.17, 15) is 13.2 Å². The highest BCUT2D eigenvalue weighted by molar-refractivity contribution is 5.15. The molecule has 1 fully saturated rings. The molecule has 2 atom stereocenters. The Hall–Kier alpha value is -1.41. The topological polar surface area (TPSA) is 56.3 Å². The van der Waals surface area contributed by atoms with Gasteiger partial charge in [-0.25, -0.2) is 0 Å². The van der Waals surface area contributed by atoms with Crippen molar-refractivity contribution in [2.24, 2.45) is 0 Å². The number of nitrogens with zero attached hydrogens (tertiary/aromatic N) is 2. The van der Waals surface area contributed by atoms with Crippen LogP contribution in [-0.4, -0.2) is 42.2 Å². The third kappa shape index (κ3) is 4.32. The molecule has 8 heteroatoms. The van der Waals surface area contributed by atoms with Gasteiger partial charge in [-0.15, -0.1) is 5.10 Å². The number of alkyl halides is 3. The number of ether oxygens (including phenoxy) is 2. The fourth-order valence-corrected chi connectivity index (χ4v) is 1.72. The van der Waals surface area contributed by atoms with Crippen molar-refractivity contribution >= 4 is 0 Å². The van der Waals surface area contributed by atoms with Crippen molar-refractivity contribution in [3.05, 3.63) is 17.8 Å². The number of hydrogen-bond donors (Lipinski definition) is 1. The minimum absolute atomic E-state index is 0.104. The number of nitrogens with one attached hydrogen (secondary N) is 1. The van der Waals surface area contributed by atoms with Gasteiger partial charge in [0.25, 0.3) is 0 Å². The number of halogens is 3. The second-order valence-corrected chi connectivity index (χ2v) is 4.36. The lowest BCUT2D eigenvalue weighted by molar-refractivity contribution is -0.154. The van der Waals surface area contributed by atoms with E-state index in [1.165, 1.54) is 6.07 Å². The molecular formula is C11H14F3N3O2. The number of aromatic nitrogens is 2. The average molecular weight is 277 g/mol. The smallest absolute Gasteiger partial charge is 0.422 e. The normalized spacial score (nSPS) is 24.2. The molecule has 19 heavy (non-hydrogen) atoms. The van der Waals surface area contributed by atoms with E-state index in [4.69, 9.17) is 4.74 Å². The summed E-state index contributed by atoms with van der Waals surface area (Å²) in [5, 5.41) is 10.7. The van der Waals surface area contributed by atoms with Crippen LogP contribution in [0.25, 0.3) is 0 Å². The predicted octanol–water partition coefficient (Wildman–Crippen LogP) is 1.47. The van der Waals surface area contributed by atoms with Crippen LogP contribution in [0.2, 0.25) is 0 Å². The SMILES string of the molecule is C[C@@H]1COC[C@H](c2ccc(OCC(F)(F)F)nn2)N1. The highest BCUT2D eigenvalue weighted by Gasteiger charge is 2.29. The second-order valence-electron chi connectivity index (χ2n) is 4.36. The Balaban J connectivity index is 1.94. The maximum absolute atomic E-state index is 12.0. The molecule has 0 aliphatic carbocycles. The van der Waals surface area contributed by atoms with E-state index >= 15 is 0 Å². The van der Waals surface area contributed by atoms with E-state index in [2.05, 4.69) is 20.3 Å². The molecular weight excluding hydrogens is 263 g/mol. The fraction of sp³-hybridized carbons (Fsp3) is 0.636. The third-order valence-corrected chi connectivity index (χ3v) is 2.54. The number of hydrogen-bond acceptors (Lipinski definition) is 5. The average Bonchev–Trinajstić information content (AvgIpc) is 2.36. The molecule has 0 aromatic carbocycles. The fourth-order valence-electron chi connectivity index (χ4n) is 1.72. The molecule has 0 unspecified atom stereocenters. The van der Waals surface area contributed by atoms with E-state index in [-0.39, 0.29) is 18.0 Å². The van der Waals surface area contributed by atoms with Crippen molar-refractivity contribution < 1.29 is 22.6 Å². The molecule has 1 N–H and O–H groups in total. The van der Waals surface area contributed by atoms with E-state index in [0.717, 1.165) is 0 Å². The summed E-state index contributed by atoms with van der Waals surface area (Å²) in [6, 6.07) is 3.04. The van der Waals surface area contributed by atoms with Crippen molar-refractivity contribution in [3.8, 4) is 5.88 Å². The summed E-state index contributed by atoms with van der Waals surface area (Å²) in [6.45, 7) is 1.68. The molecule has 0 radical (unpaired) electrons. The van der Waals surface area contributed by atoms with Crippen molar-refractivity contribution in [2.45, 2.75) is 25.2 Å². The third-order valence-electron chi connectivity index (χ3n) is 2.54. The molecule has 106 valence electrons. The molecule has 0 amide bonds. The quantitative estimate of drug-likeness (QED) is 0.906. The summed E-state index contributed by atoms with van der Waals surface area (Å²) < 4.78 is 45.7. The van der Waals surface area contributed by atoms with Gasteiger partial charge in [0.05, 0.1) is 24.9 Å². The largest absolute Gasteiger partial charge is 0.467 e. The van der Waals surface area contributed by atoms with E-state index < -0.39 is 12.8 Å². The Morgan fingerprint density at radius 2 is 2.16 bits per heavy atom. The zero-order chi connectivity index (χ0) is 13.9. The van der Waals surface area contributed by atoms with Crippen LogP contribution in [-0.2, 0) is 4.74 Å². The Bertz CT molecular complexity index is 411. The standard InChI is InChI=1S/C11H14F3N3O2/c1-7-4-18-5-9(15-7)8-2-3-10(17-16-8)19-6-11(12,13)14/h2-3,7,9,15H,4-6H2,1H3/t7-,9-/m1/s1. The van der Waals surface area contributed by atoms with Crippen LogP contribution < -0.4 is 10.1 Å². The number of morpholine rings is 1. The Kier molecular flexibility index (Phi) is 4.20. The van der Waals surface area contributed by atoms with Crippen LogP contribution in [0, 0.1) is 0 Å². The van der Waals surface area contributed by atoms with Crippen LogP contribution in [0.5, 0.6) is 5.88 Å². The lowest BCUT2D eigenvalue weighted by Crippen LogP contribution is -2.42. The van der Waals surface area contributed by atoms with Crippen LogP contribution in [0.3, 0.4) is 0 Å². The monoisotopic (exact) mass is 277 g/mol. The molecule has 5 nitrogen and oxygen atoms in total. The van der Waals surface area contributed by atoms with Gasteiger partial charge in [-0.1, -0.05) is 0 Å². The van der Waals surface area contributed by atoms with Crippen molar-refractivity contribution in [3.63, 3.8) is 0 Å². The van der Waals surface area contributed by atoms with Gasteiger partial charge in [0.15, 0.2) is 6.61 Å². The first-order chi connectivity index (χ1) is 8.94. The van der Waals surface area contributed by atoms with Gasteiger partial charge in [-0.2, -0.15) is 18.3 Å². The first kappa shape index (κ1) is 14.0. The molecule has 1 saturated heterocycles. The molecule has 2 rings (SSSR count). The summed E-state index contributed by atoms with van der Waals surface area (Å²) in [6.07, 6.45) is -4.38. The van der Waals surface area contributed by atoms with Gasteiger partial charge < -0.3 is 14.8 Å². The minimum Gasteiger partial charge on any atom is -0.467 e. The summed E-state index contributed by atoms with van der Waals surface area (Å²) >= 11 is 0. The van der Waals surface area contributed by atoms with Crippen molar-refractivity contribution in [1.29, 1.82) is 0 Å². The summed E-state index contributed by atoms with van der Waals surface area (Å²) in [7, 11) is 0. The van der Waals surface area contributed by atoms with Crippen molar-refractivity contribution in [1.82, 2.24) is 15.5 Å². The lowest BCUT2D eigenvalue weighted by Gasteiger charge is -2.28. The van der Waals surface area contributed by atoms with E-state index in [0.29, 0.717) is 18.9 Å². The Labute approximate surface area is 108 Å². The Morgan fingerprint density at radius 3 is 2.74 bits per heavy atom. The second kappa shape index (κ2) is 5.70. The van der Waals surface area contributed by atoms with Gasteiger partial charge in [0.1, 0.15) is 0 Å². The molecule has 1 aliphatic heterocycles. The van der Waals surface area contributed by atoms with Crippen molar-refractivity contribution in [2.75, 3.05) is 19.8 Å². The molecule has 0 saturated carbocycles. The molecule has 1 aromatic heterocycles.